The summed E-state index contributed by atoms with van der Waals surface area (Å²) in [6.45, 7) is 6.59. The Labute approximate surface area is 105 Å². The number of amides is 1. The van der Waals surface area contributed by atoms with Gasteiger partial charge in [0.15, 0.2) is 0 Å². The van der Waals surface area contributed by atoms with Gasteiger partial charge in [-0.15, -0.1) is 16.8 Å². The molecule has 1 saturated heterocycles. The van der Waals surface area contributed by atoms with Crippen LogP contribution in [0.2, 0.25) is 0 Å². The summed E-state index contributed by atoms with van der Waals surface area (Å²) in [5.41, 5.74) is 0. The van der Waals surface area contributed by atoms with Crippen LogP contribution in [0.5, 0.6) is 0 Å². The van der Waals surface area contributed by atoms with Crippen LogP contribution < -0.4 is 4.90 Å². The molecule has 2 heterocycles. The van der Waals surface area contributed by atoms with E-state index in [-0.39, 0.29) is 11.8 Å². The molecule has 92 valence electrons. The van der Waals surface area contributed by atoms with Crippen molar-refractivity contribution in [2.45, 2.75) is 32.6 Å². The molecule has 1 aromatic rings. The molecule has 1 aliphatic heterocycles. The minimum absolute atomic E-state index is 0.132. The SMILES string of the molecule is C=CC1CC(=O)N(c2nnc(CCCC)s2)C1. The maximum Gasteiger partial charge on any atom is 0.229 e. The number of aromatic nitrogens is 2. The average Bonchev–Trinajstić information content (AvgIpc) is 2.92. The number of unbranched alkanes of at least 4 members (excludes halogenated alkanes) is 1. The van der Waals surface area contributed by atoms with E-state index in [1.807, 2.05) is 6.08 Å². The molecule has 0 bridgehead atoms. The molecule has 0 radical (unpaired) electrons. The van der Waals surface area contributed by atoms with Gasteiger partial charge in [0, 0.05) is 25.3 Å². The molecule has 1 fully saturated rings. The molecule has 5 heteroatoms. The molecule has 0 aliphatic carbocycles. The van der Waals surface area contributed by atoms with Crippen molar-refractivity contribution in [1.82, 2.24) is 10.2 Å². The fourth-order valence-corrected chi connectivity index (χ4v) is 2.77. The first-order valence-electron chi connectivity index (χ1n) is 6.00. The highest BCUT2D eigenvalue weighted by molar-refractivity contribution is 7.15. The van der Waals surface area contributed by atoms with Crippen molar-refractivity contribution in [2.75, 3.05) is 11.4 Å². The number of aryl methyl sites for hydroxylation is 1. The zero-order valence-electron chi connectivity index (χ0n) is 10.1. The first-order chi connectivity index (χ1) is 8.24. The summed E-state index contributed by atoms with van der Waals surface area (Å²) >= 11 is 1.53. The molecule has 0 saturated carbocycles. The number of nitrogens with zero attached hydrogens (tertiary/aromatic N) is 3. The van der Waals surface area contributed by atoms with Crippen LogP contribution >= 0.6 is 11.3 Å². The minimum atomic E-state index is 0.132. The maximum atomic E-state index is 11.8. The highest BCUT2D eigenvalue weighted by Crippen LogP contribution is 2.28. The summed E-state index contributed by atoms with van der Waals surface area (Å²) in [7, 11) is 0. The Morgan fingerprint density at radius 3 is 3.06 bits per heavy atom. The topological polar surface area (TPSA) is 46.1 Å². The van der Waals surface area contributed by atoms with E-state index in [0.29, 0.717) is 13.0 Å². The second-order valence-electron chi connectivity index (χ2n) is 4.29. The predicted octanol–water partition coefficient (Wildman–Crippen LogP) is 2.42. The molecular formula is C12H17N3OS. The summed E-state index contributed by atoms with van der Waals surface area (Å²) < 4.78 is 0. The monoisotopic (exact) mass is 251 g/mol. The van der Waals surface area contributed by atoms with E-state index in [2.05, 4.69) is 23.7 Å². The van der Waals surface area contributed by atoms with Gasteiger partial charge in [-0.1, -0.05) is 30.8 Å². The maximum absolute atomic E-state index is 11.8. The van der Waals surface area contributed by atoms with Crippen LogP contribution in [0.15, 0.2) is 12.7 Å². The lowest BCUT2D eigenvalue weighted by molar-refractivity contribution is -0.117. The number of carbonyl (C=O) groups is 1. The summed E-state index contributed by atoms with van der Waals surface area (Å²) in [5.74, 6) is 0.388. The van der Waals surface area contributed by atoms with Gasteiger partial charge in [0.2, 0.25) is 11.0 Å². The van der Waals surface area contributed by atoms with E-state index in [0.717, 1.165) is 29.4 Å². The quantitative estimate of drug-likeness (QED) is 0.755. The van der Waals surface area contributed by atoms with Crippen molar-refractivity contribution in [3.63, 3.8) is 0 Å². The zero-order valence-corrected chi connectivity index (χ0v) is 10.9. The first kappa shape index (κ1) is 12.2. The molecule has 17 heavy (non-hydrogen) atoms. The van der Waals surface area contributed by atoms with E-state index >= 15 is 0 Å². The van der Waals surface area contributed by atoms with Crippen molar-refractivity contribution in [3.05, 3.63) is 17.7 Å². The Morgan fingerprint density at radius 2 is 2.41 bits per heavy atom. The molecule has 1 aromatic heterocycles. The molecule has 2 rings (SSSR count). The molecule has 0 aromatic carbocycles. The van der Waals surface area contributed by atoms with Crippen molar-refractivity contribution < 1.29 is 4.79 Å². The van der Waals surface area contributed by atoms with Crippen LogP contribution in [0.3, 0.4) is 0 Å². The Hall–Kier alpha value is -1.23. The van der Waals surface area contributed by atoms with Gasteiger partial charge in [-0.05, 0) is 6.42 Å². The fraction of sp³-hybridized carbons (Fsp3) is 0.583. The fourth-order valence-electron chi connectivity index (χ4n) is 1.86. The summed E-state index contributed by atoms with van der Waals surface area (Å²) in [6.07, 6.45) is 5.62. The van der Waals surface area contributed by atoms with Crippen molar-refractivity contribution >= 4 is 22.4 Å². The molecule has 1 amide bonds. The molecular weight excluding hydrogens is 234 g/mol. The second kappa shape index (κ2) is 5.40. The van der Waals surface area contributed by atoms with Gasteiger partial charge < -0.3 is 0 Å². The lowest BCUT2D eigenvalue weighted by atomic mass is 10.1. The summed E-state index contributed by atoms with van der Waals surface area (Å²) in [4.78, 5) is 13.5. The summed E-state index contributed by atoms with van der Waals surface area (Å²) in [5, 5.41) is 10.0. The Kier molecular flexibility index (Phi) is 3.89. The third kappa shape index (κ3) is 2.72. The first-order valence-corrected chi connectivity index (χ1v) is 6.81. The largest absolute Gasteiger partial charge is 0.286 e. The van der Waals surface area contributed by atoms with Gasteiger partial charge >= 0.3 is 0 Å². The second-order valence-corrected chi connectivity index (χ2v) is 5.33. The van der Waals surface area contributed by atoms with E-state index in [1.54, 1.807) is 4.90 Å². The average molecular weight is 251 g/mol. The highest BCUT2D eigenvalue weighted by Gasteiger charge is 2.30. The number of anilines is 1. The molecule has 1 aliphatic rings. The van der Waals surface area contributed by atoms with E-state index in [4.69, 9.17) is 0 Å². The van der Waals surface area contributed by atoms with Crippen LogP contribution in [0, 0.1) is 5.92 Å². The van der Waals surface area contributed by atoms with Gasteiger partial charge in [-0.25, -0.2) is 0 Å². The molecule has 4 nitrogen and oxygen atoms in total. The number of hydrogen-bond acceptors (Lipinski definition) is 4. The predicted molar refractivity (Wildman–Crippen MR) is 69.2 cm³/mol. The zero-order chi connectivity index (χ0) is 12.3. The van der Waals surface area contributed by atoms with Gasteiger partial charge in [-0.3, -0.25) is 9.69 Å². The minimum Gasteiger partial charge on any atom is -0.286 e. The van der Waals surface area contributed by atoms with Gasteiger partial charge in [0.05, 0.1) is 0 Å². The molecule has 1 atom stereocenters. The molecule has 0 spiro atoms. The Balaban J connectivity index is 2.04. The van der Waals surface area contributed by atoms with Crippen LogP contribution in [0.4, 0.5) is 5.13 Å². The molecule has 0 N–H and O–H groups in total. The third-order valence-corrected chi connectivity index (χ3v) is 3.93. The van der Waals surface area contributed by atoms with E-state index in [1.165, 1.54) is 11.3 Å². The Bertz CT molecular complexity index is 416. The smallest absolute Gasteiger partial charge is 0.229 e. The van der Waals surface area contributed by atoms with E-state index < -0.39 is 0 Å². The summed E-state index contributed by atoms with van der Waals surface area (Å²) in [6, 6.07) is 0. The van der Waals surface area contributed by atoms with Gasteiger partial charge in [-0.2, -0.15) is 0 Å². The number of carbonyl (C=O) groups excluding carboxylic acids is 1. The van der Waals surface area contributed by atoms with Crippen LogP contribution in [0.25, 0.3) is 0 Å². The highest BCUT2D eigenvalue weighted by atomic mass is 32.1. The normalized spacial score (nSPS) is 19.9. The van der Waals surface area contributed by atoms with Crippen molar-refractivity contribution in [2.24, 2.45) is 5.92 Å². The number of rotatable bonds is 5. The van der Waals surface area contributed by atoms with Crippen molar-refractivity contribution in [3.8, 4) is 0 Å². The lowest BCUT2D eigenvalue weighted by Crippen LogP contribution is -2.24. The Morgan fingerprint density at radius 1 is 1.59 bits per heavy atom. The lowest BCUT2D eigenvalue weighted by Gasteiger charge is -2.10. The van der Waals surface area contributed by atoms with Crippen LogP contribution in [-0.4, -0.2) is 22.6 Å². The van der Waals surface area contributed by atoms with Crippen LogP contribution in [0.1, 0.15) is 31.2 Å². The molecule has 1 unspecified atom stereocenters. The van der Waals surface area contributed by atoms with Gasteiger partial charge in [0.1, 0.15) is 5.01 Å². The van der Waals surface area contributed by atoms with Gasteiger partial charge in [0.25, 0.3) is 0 Å². The third-order valence-electron chi connectivity index (χ3n) is 2.92. The van der Waals surface area contributed by atoms with Crippen molar-refractivity contribution in [1.29, 1.82) is 0 Å². The number of hydrogen-bond donors (Lipinski definition) is 0. The standard InChI is InChI=1S/C12H17N3OS/c1-3-5-6-10-13-14-12(17-10)15-8-9(4-2)7-11(15)16/h4,9H,2-3,5-8H2,1H3. The van der Waals surface area contributed by atoms with E-state index in [9.17, 15) is 4.79 Å². The van der Waals surface area contributed by atoms with Crippen LogP contribution in [-0.2, 0) is 11.2 Å².